The lowest BCUT2D eigenvalue weighted by Crippen LogP contribution is -2.47. The minimum atomic E-state index is -0.595. The molecule has 2 atom stereocenters. The van der Waals surface area contributed by atoms with E-state index in [1.54, 1.807) is 24.3 Å². The van der Waals surface area contributed by atoms with Gasteiger partial charge < -0.3 is 21.3 Å². The summed E-state index contributed by atoms with van der Waals surface area (Å²) < 4.78 is 0. The molecule has 118 valence electrons. The SMILES string of the molecule is CNC(=O)[C@@H]1C[C@@H](NC(=O)c2ccccc2)CN1C(=O)CN. The van der Waals surface area contributed by atoms with Crippen molar-refractivity contribution in [1.29, 1.82) is 0 Å². The lowest BCUT2D eigenvalue weighted by atomic mass is 10.1. The molecule has 0 radical (unpaired) electrons. The molecule has 1 fully saturated rings. The summed E-state index contributed by atoms with van der Waals surface area (Å²) in [6, 6.07) is 7.94. The Bertz CT molecular complexity index is 537. The van der Waals surface area contributed by atoms with Crippen LogP contribution in [0.3, 0.4) is 0 Å². The Labute approximate surface area is 128 Å². The topological polar surface area (TPSA) is 105 Å². The number of carbonyl (C=O) groups excluding carboxylic acids is 3. The molecule has 0 bridgehead atoms. The van der Waals surface area contributed by atoms with Gasteiger partial charge in [-0.15, -0.1) is 0 Å². The monoisotopic (exact) mass is 304 g/mol. The highest BCUT2D eigenvalue weighted by molar-refractivity contribution is 5.95. The van der Waals surface area contributed by atoms with Gasteiger partial charge in [0.05, 0.1) is 6.54 Å². The molecule has 1 saturated heterocycles. The largest absolute Gasteiger partial charge is 0.357 e. The molecule has 1 aliphatic heterocycles. The number of nitrogens with zero attached hydrogens (tertiary/aromatic N) is 1. The van der Waals surface area contributed by atoms with E-state index in [4.69, 9.17) is 5.73 Å². The van der Waals surface area contributed by atoms with E-state index in [1.165, 1.54) is 11.9 Å². The lowest BCUT2D eigenvalue weighted by molar-refractivity contribution is -0.137. The molecule has 1 aliphatic rings. The van der Waals surface area contributed by atoms with Crippen molar-refractivity contribution in [3.8, 4) is 0 Å². The van der Waals surface area contributed by atoms with Crippen LogP contribution in [0.25, 0.3) is 0 Å². The zero-order valence-electron chi connectivity index (χ0n) is 12.4. The van der Waals surface area contributed by atoms with Gasteiger partial charge in [0.1, 0.15) is 6.04 Å². The number of hydrogen-bond donors (Lipinski definition) is 3. The van der Waals surface area contributed by atoms with E-state index >= 15 is 0 Å². The summed E-state index contributed by atoms with van der Waals surface area (Å²) in [4.78, 5) is 37.3. The van der Waals surface area contributed by atoms with Gasteiger partial charge in [0.15, 0.2) is 0 Å². The maximum absolute atomic E-state index is 12.2. The summed E-state index contributed by atoms with van der Waals surface area (Å²) in [6.45, 7) is 0.125. The van der Waals surface area contributed by atoms with Crippen LogP contribution in [0.4, 0.5) is 0 Å². The minimum absolute atomic E-state index is 0.160. The Hall–Kier alpha value is -2.41. The van der Waals surface area contributed by atoms with Gasteiger partial charge in [0, 0.05) is 25.2 Å². The third-order valence-corrected chi connectivity index (χ3v) is 3.72. The number of nitrogens with two attached hydrogens (primary N) is 1. The standard InChI is InChI=1S/C15H20N4O3/c1-17-15(22)12-7-11(9-19(12)13(20)8-16)18-14(21)10-5-3-2-4-6-10/h2-6,11-12H,7-9,16H2,1H3,(H,17,22)(H,18,21)/t11-,12+/m1/s1. The van der Waals surface area contributed by atoms with Crippen molar-refractivity contribution >= 4 is 17.7 Å². The molecule has 22 heavy (non-hydrogen) atoms. The van der Waals surface area contributed by atoms with Crippen LogP contribution in [0.2, 0.25) is 0 Å². The molecule has 1 heterocycles. The molecule has 7 heteroatoms. The quantitative estimate of drug-likeness (QED) is 0.670. The van der Waals surface area contributed by atoms with Crippen LogP contribution in [-0.4, -0.2) is 54.8 Å². The van der Waals surface area contributed by atoms with E-state index in [2.05, 4.69) is 10.6 Å². The molecule has 2 rings (SSSR count). The summed E-state index contributed by atoms with van der Waals surface area (Å²) in [5.74, 6) is -0.772. The minimum Gasteiger partial charge on any atom is -0.357 e. The van der Waals surface area contributed by atoms with Crippen LogP contribution >= 0.6 is 0 Å². The highest BCUT2D eigenvalue weighted by Crippen LogP contribution is 2.18. The highest BCUT2D eigenvalue weighted by atomic mass is 16.2. The normalized spacial score (nSPS) is 20.5. The molecule has 7 nitrogen and oxygen atoms in total. The average Bonchev–Trinajstić information content (AvgIpc) is 2.98. The Kier molecular flexibility index (Phi) is 5.11. The van der Waals surface area contributed by atoms with E-state index in [9.17, 15) is 14.4 Å². The van der Waals surface area contributed by atoms with Gasteiger partial charge in [-0.05, 0) is 18.6 Å². The van der Waals surface area contributed by atoms with Crippen molar-refractivity contribution in [2.24, 2.45) is 5.73 Å². The third-order valence-electron chi connectivity index (χ3n) is 3.72. The fourth-order valence-electron chi connectivity index (χ4n) is 2.61. The Morgan fingerprint density at radius 3 is 2.55 bits per heavy atom. The molecular weight excluding hydrogens is 284 g/mol. The number of carbonyl (C=O) groups is 3. The Balaban J connectivity index is 2.06. The van der Waals surface area contributed by atoms with Crippen molar-refractivity contribution in [2.75, 3.05) is 20.1 Å². The Morgan fingerprint density at radius 2 is 1.95 bits per heavy atom. The maximum atomic E-state index is 12.2. The van der Waals surface area contributed by atoms with Crippen molar-refractivity contribution in [3.63, 3.8) is 0 Å². The average molecular weight is 304 g/mol. The van der Waals surface area contributed by atoms with E-state index < -0.39 is 6.04 Å². The smallest absolute Gasteiger partial charge is 0.251 e. The maximum Gasteiger partial charge on any atom is 0.251 e. The molecule has 0 spiro atoms. The summed E-state index contributed by atoms with van der Waals surface area (Å²) in [7, 11) is 1.52. The number of hydrogen-bond acceptors (Lipinski definition) is 4. The fraction of sp³-hybridized carbons (Fsp3) is 0.400. The molecule has 3 amide bonds. The van der Waals surface area contributed by atoms with Crippen molar-refractivity contribution < 1.29 is 14.4 Å². The lowest BCUT2D eigenvalue weighted by Gasteiger charge is -2.22. The second kappa shape index (κ2) is 7.04. The first-order valence-corrected chi connectivity index (χ1v) is 7.13. The first kappa shape index (κ1) is 16.0. The fourth-order valence-corrected chi connectivity index (χ4v) is 2.61. The summed E-state index contributed by atoms with van der Waals surface area (Å²) in [5, 5.41) is 5.39. The molecule has 0 unspecified atom stereocenters. The van der Waals surface area contributed by atoms with Gasteiger partial charge in [-0.25, -0.2) is 0 Å². The van der Waals surface area contributed by atoms with Gasteiger partial charge in [0.25, 0.3) is 5.91 Å². The van der Waals surface area contributed by atoms with Gasteiger partial charge in [-0.2, -0.15) is 0 Å². The van der Waals surface area contributed by atoms with Crippen LogP contribution < -0.4 is 16.4 Å². The number of benzene rings is 1. The summed E-state index contributed by atoms with van der Waals surface area (Å²) >= 11 is 0. The van der Waals surface area contributed by atoms with Crippen molar-refractivity contribution in [2.45, 2.75) is 18.5 Å². The van der Waals surface area contributed by atoms with Gasteiger partial charge in [-0.3, -0.25) is 14.4 Å². The molecule has 4 N–H and O–H groups in total. The summed E-state index contributed by atoms with van der Waals surface area (Å²) in [6.07, 6.45) is 0.379. The zero-order valence-corrected chi connectivity index (χ0v) is 12.4. The van der Waals surface area contributed by atoms with Gasteiger partial charge in [-0.1, -0.05) is 18.2 Å². The van der Waals surface area contributed by atoms with Gasteiger partial charge in [0.2, 0.25) is 11.8 Å². The van der Waals surface area contributed by atoms with Gasteiger partial charge >= 0.3 is 0 Å². The van der Waals surface area contributed by atoms with E-state index in [-0.39, 0.29) is 36.9 Å². The second-order valence-electron chi connectivity index (χ2n) is 5.15. The van der Waals surface area contributed by atoms with Crippen LogP contribution in [0.15, 0.2) is 30.3 Å². The van der Waals surface area contributed by atoms with Crippen molar-refractivity contribution in [3.05, 3.63) is 35.9 Å². The van der Waals surface area contributed by atoms with E-state index in [0.29, 0.717) is 12.0 Å². The van der Waals surface area contributed by atoms with Crippen LogP contribution in [0, 0.1) is 0 Å². The zero-order chi connectivity index (χ0) is 16.1. The van der Waals surface area contributed by atoms with Crippen LogP contribution in [0.1, 0.15) is 16.8 Å². The second-order valence-corrected chi connectivity index (χ2v) is 5.15. The highest BCUT2D eigenvalue weighted by Gasteiger charge is 2.39. The molecule has 0 saturated carbocycles. The van der Waals surface area contributed by atoms with Crippen molar-refractivity contribution in [1.82, 2.24) is 15.5 Å². The molecule has 0 aromatic heterocycles. The number of nitrogens with one attached hydrogen (secondary N) is 2. The molecule has 1 aromatic rings. The number of likely N-dealkylation sites (tertiary alicyclic amines) is 1. The first-order valence-electron chi connectivity index (χ1n) is 7.13. The van der Waals surface area contributed by atoms with E-state index in [1.807, 2.05) is 6.07 Å². The predicted molar refractivity (Wildman–Crippen MR) is 80.9 cm³/mol. The van der Waals surface area contributed by atoms with Crippen LogP contribution in [-0.2, 0) is 9.59 Å². The molecule has 1 aromatic carbocycles. The first-order chi connectivity index (χ1) is 10.6. The number of amides is 3. The molecule has 0 aliphatic carbocycles. The Morgan fingerprint density at radius 1 is 1.27 bits per heavy atom. The number of likely N-dealkylation sites (N-methyl/N-ethyl adjacent to an activating group) is 1. The molecular formula is C15H20N4O3. The third kappa shape index (κ3) is 3.43. The summed E-state index contributed by atoms with van der Waals surface area (Å²) in [5.41, 5.74) is 5.93. The van der Waals surface area contributed by atoms with E-state index in [0.717, 1.165) is 0 Å². The van der Waals surface area contributed by atoms with Crippen LogP contribution in [0.5, 0.6) is 0 Å². The number of rotatable bonds is 4. The predicted octanol–water partition coefficient (Wildman–Crippen LogP) is -0.909.